The summed E-state index contributed by atoms with van der Waals surface area (Å²) >= 11 is 6.31. The number of nitrogens with one attached hydrogen (secondary N) is 1. The van der Waals surface area contributed by atoms with Crippen molar-refractivity contribution in [2.75, 3.05) is 24.5 Å². The highest BCUT2D eigenvalue weighted by Crippen LogP contribution is 2.30. The number of halogens is 1. The van der Waals surface area contributed by atoms with Crippen LogP contribution in [0.25, 0.3) is 0 Å². The van der Waals surface area contributed by atoms with Gasteiger partial charge in [0.05, 0.1) is 17.7 Å². The number of hydrogen-bond donors (Lipinski definition) is 1. The second-order valence-electron chi connectivity index (χ2n) is 10.2. The third kappa shape index (κ3) is 8.26. The van der Waals surface area contributed by atoms with E-state index in [1.807, 2.05) is 32.9 Å². The fourth-order valence-electron chi connectivity index (χ4n) is 4.60. The van der Waals surface area contributed by atoms with Crippen molar-refractivity contribution in [3.63, 3.8) is 0 Å². The molecule has 0 saturated heterocycles. The molecule has 10 heteroatoms. The highest BCUT2D eigenvalue weighted by molar-refractivity contribution is 7.92. The van der Waals surface area contributed by atoms with E-state index in [4.69, 9.17) is 16.3 Å². The number of sulfonamides is 1. The Morgan fingerprint density at radius 2 is 1.71 bits per heavy atom. The maximum atomic E-state index is 14.2. The van der Waals surface area contributed by atoms with Crippen molar-refractivity contribution in [2.45, 2.75) is 64.4 Å². The number of hydrogen-bond acceptors (Lipinski definition) is 5. The van der Waals surface area contributed by atoms with Crippen LogP contribution in [0.1, 0.15) is 49.8 Å². The zero-order valence-corrected chi connectivity index (χ0v) is 26.5. The highest BCUT2D eigenvalue weighted by Gasteiger charge is 2.34. The van der Waals surface area contributed by atoms with Crippen molar-refractivity contribution < 1.29 is 22.7 Å². The molecule has 8 nitrogen and oxygen atoms in total. The smallest absolute Gasteiger partial charge is 0.264 e. The first-order valence-corrected chi connectivity index (χ1v) is 15.9. The Morgan fingerprint density at radius 1 is 1.00 bits per heavy atom. The van der Waals surface area contributed by atoms with Crippen LogP contribution in [0.5, 0.6) is 5.75 Å². The van der Waals surface area contributed by atoms with Crippen molar-refractivity contribution in [1.29, 1.82) is 0 Å². The van der Waals surface area contributed by atoms with Crippen molar-refractivity contribution in [3.8, 4) is 5.75 Å². The second-order valence-corrected chi connectivity index (χ2v) is 12.5. The minimum absolute atomic E-state index is 0.0453. The number of carbonyl (C=O) groups excluding carboxylic acids is 2. The van der Waals surface area contributed by atoms with Crippen LogP contribution >= 0.6 is 11.6 Å². The Balaban J connectivity index is 2.09. The number of carbonyl (C=O) groups is 2. The van der Waals surface area contributed by atoms with Crippen LogP contribution < -0.4 is 14.4 Å². The van der Waals surface area contributed by atoms with E-state index in [0.29, 0.717) is 35.0 Å². The Kier molecular flexibility index (Phi) is 11.8. The SMILES string of the molecule is CCCCNC(=O)C(CC)N(Cc1cccc(OC)c1)C(=O)CN(c1cc(Cl)ccc1C)S(=O)(=O)c1ccc(C)cc1. The van der Waals surface area contributed by atoms with Crippen LogP contribution in [0.2, 0.25) is 5.02 Å². The number of anilines is 1. The first-order chi connectivity index (χ1) is 20.0. The van der Waals surface area contributed by atoms with Crippen LogP contribution in [0.4, 0.5) is 5.69 Å². The lowest BCUT2D eigenvalue weighted by molar-refractivity contribution is -0.140. The molecule has 1 unspecified atom stereocenters. The molecule has 226 valence electrons. The number of unbranched alkanes of at least 4 members (excludes halogenated alkanes) is 1. The standard InChI is InChI=1S/C32H40ClN3O5S/c1-6-8-18-34-32(38)29(7-2)35(21-25-10-9-11-27(19-25)41-5)31(37)22-36(30-20-26(33)15-14-24(30)4)42(39,40)28-16-12-23(3)13-17-28/h9-17,19-20,29H,6-8,18,21-22H2,1-5H3,(H,34,38). The van der Waals surface area contributed by atoms with Gasteiger partial charge in [0.15, 0.2) is 0 Å². The number of benzene rings is 3. The van der Waals surface area contributed by atoms with Crippen LogP contribution in [-0.4, -0.2) is 51.4 Å². The van der Waals surface area contributed by atoms with Gasteiger partial charge in [-0.25, -0.2) is 8.42 Å². The minimum atomic E-state index is -4.19. The van der Waals surface area contributed by atoms with Gasteiger partial charge in [-0.05, 0) is 74.2 Å². The number of amides is 2. The molecule has 0 aliphatic carbocycles. The normalized spacial score (nSPS) is 12.0. The third-order valence-corrected chi connectivity index (χ3v) is 9.04. The van der Waals surface area contributed by atoms with E-state index < -0.39 is 28.5 Å². The predicted octanol–water partition coefficient (Wildman–Crippen LogP) is 5.88. The molecule has 2 amide bonds. The van der Waals surface area contributed by atoms with Crippen molar-refractivity contribution in [1.82, 2.24) is 10.2 Å². The lowest BCUT2D eigenvalue weighted by Crippen LogP contribution is -2.52. The van der Waals surface area contributed by atoms with Gasteiger partial charge in [0.1, 0.15) is 18.3 Å². The quantitative estimate of drug-likeness (QED) is 0.229. The van der Waals surface area contributed by atoms with E-state index in [1.165, 1.54) is 23.1 Å². The Labute approximate surface area is 254 Å². The molecule has 0 spiro atoms. The molecule has 0 bridgehead atoms. The van der Waals surface area contributed by atoms with Crippen LogP contribution in [0.15, 0.2) is 71.6 Å². The molecule has 0 heterocycles. The van der Waals surface area contributed by atoms with Crippen LogP contribution in [0, 0.1) is 13.8 Å². The van der Waals surface area contributed by atoms with E-state index in [2.05, 4.69) is 5.32 Å². The molecule has 1 N–H and O–H groups in total. The maximum absolute atomic E-state index is 14.2. The topological polar surface area (TPSA) is 96.0 Å². The number of ether oxygens (including phenoxy) is 1. The number of nitrogens with zero attached hydrogens (tertiary/aromatic N) is 2. The van der Waals surface area contributed by atoms with Gasteiger partial charge >= 0.3 is 0 Å². The zero-order chi connectivity index (χ0) is 30.9. The summed E-state index contributed by atoms with van der Waals surface area (Å²) in [6.45, 7) is 7.54. The molecule has 0 aliphatic rings. The Morgan fingerprint density at radius 3 is 2.36 bits per heavy atom. The first-order valence-electron chi connectivity index (χ1n) is 14.1. The summed E-state index contributed by atoms with van der Waals surface area (Å²) in [6, 6.07) is 17.8. The molecule has 0 aromatic heterocycles. The second kappa shape index (κ2) is 15.1. The Bertz CT molecular complexity index is 1480. The van der Waals surface area contributed by atoms with Gasteiger partial charge in [-0.2, -0.15) is 0 Å². The lowest BCUT2D eigenvalue weighted by Gasteiger charge is -2.33. The third-order valence-electron chi connectivity index (χ3n) is 7.03. The molecule has 3 aromatic rings. The molecule has 0 saturated carbocycles. The van der Waals surface area contributed by atoms with Crippen LogP contribution in [0.3, 0.4) is 0 Å². The molecular weight excluding hydrogens is 574 g/mol. The molecule has 42 heavy (non-hydrogen) atoms. The first kappa shape index (κ1) is 32.9. The average Bonchev–Trinajstić information content (AvgIpc) is 2.97. The zero-order valence-electron chi connectivity index (χ0n) is 24.9. The maximum Gasteiger partial charge on any atom is 0.264 e. The van der Waals surface area contributed by atoms with Crippen molar-refractivity contribution in [3.05, 3.63) is 88.4 Å². The lowest BCUT2D eigenvalue weighted by atomic mass is 10.1. The molecular formula is C32H40ClN3O5S. The highest BCUT2D eigenvalue weighted by atomic mass is 35.5. The van der Waals surface area contributed by atoms with Gasteiger partial charge in [0.25, 0.3) is 10.0 Å². The van der Waals surface area contributed by atoms with Gasteiger partial charge in [0, 0.05) is 18.1 Å². The largest absolute Gasteiger partial charge is 0.497 e. The average molecular weight is 614 g/mol. The van der Waals surface area contributed by atoms with E-state index in [1.54, 1.807) is 50.4 Å². The summed E-state index contributed by atoms with van der Waals surface area (Å²) < 4.78 is 34.6. The molecule has 0 fully saturated rings. The molecule has 0 aliphatic heterocycles. The number of aryl methyl sites for hydroxylation is 2. The summed E-state index contributed by atoms with van der Waals surface area (Å²) in [4.78, 5) is 29.1. The Hall–Kier alpha value is -3.56. The van der Waals surface area contributed by atoms with Gasteiger partial charge in [0.2, 0.25) is 11.8 Å². The van der Waals surface area contributed by atoms with Crippen molar-refractivity contribution in [2.24, 2.45) is 0 Å². The summed E-state index contributed by atoms with van der Waals surface area (Å²) in [5.41, 5.74) is 2.57. The minimum Gasteiger partial charge on any atom is -0.497 e. The van der Waals surface area contributed by atoms with E-state index in [-0.39, 0.29) is 17.3 Å². The summed E-state index contributed by atoms with van der Waals surface area (Å²) in [5.74, 6) is -0.196. The van der Waals surface area contributed by atoms with Crippen molar-refractivity contribution >= 4 is 39.1 Å². The fraction of sp³-hybridized carbons (Fsp3) is 0.375. The van der Waals surface area contributed by atoms with E-state index in [9.17, 15) is 18.0 Å². The fourth-order valence-corrected chi connectivity index (χ4v) is 6.23. The number of methoxy groups -OCH3 is 1. The number of rotatable bonds is 14. The van der Waals surface area contributed by atoms with E-state index >= 15 is 0 Å². The monoisotopic (exact) mass is 613 g/mol. The van der Waals surface area contributed by atoms with Gasteiger partial charge < -0.3 is 15.0 Å². The van der Waals surface area contributed by atoms with E-state index in [0.717, 1.165) is 28.3 Å². The summed E-state index contributed by atoms with van der Waals surface area (Å²) in [5, 5.41) is 3.27. The van der Waals surface area contributed by atoms with Gasteiger partial charge in [-0.3, -0.25) is 13.9 Å². The van der Waals surface area contributed by atoms with Gasteiger partial charge in [-0.1, -0.05) is 67.8 Å². The summed E-state index contributed by atoms with van der Waals surface area (Å²) in [6.07, 6.45) is 2.06. The predicted molar refractivity (Wildman–Crippen MR) is 167 cm³/mol. The van der Waals surface area contributed by atoms with Gasteiger partial charge in [-0.15, -0.1) is 0 Å². The summed E-state index contributed by atoms with van der Waals surface area (Å²) in [7, 11) is -2.63. The molecule has 3 aromatic carbocycles. The van der Waals surface area contributed by atoms with Crippen LogP contribution in [-0.2, 0) is 26.2 Å². The molecule has 0 radical (unpaired) electrons. The molecule has 1 atom stereocenters. The molecule has 3 rings (SSSR count).